The van der Waals surface area contributed by atoms with E-state index in [1.807, 2.05) is 12.2 Å². The van der Waals surface area contributed by atoms with Crippen LogP contribution in [0.15, 0.2) is 12.2 Å². The monoisotopic (exact) mass is 139 g/mol. The molecule has 0 saturated carbocycles. The molecule has 1 aliphatic carbocycles. The lowest BCUT2D eigenvalue weighted by molar-refractivity contribution is -0.123. The Labute approximate surface area is 58.7 Å². The van der Waals surface area contributed by atoms with Crippen LogP contribution in [0.25, 0.3) is 0 Å². The number of hydrogen-bond acceptors (Lipinski definition) is 2. The maximum absolute atomic E-state index is 10.9. The van der Waals surface area contributed by atoms with Gasteiger partial charge in [-0.05, 0) is 6.92 Å². The van der Waals surface area contributed by atoms with Gasteiger partial charge in [0.1, 0.15) is 5.72 Å². The lowest BCUT2D eigenvalue weighted by atomic mass is 9.80. The maximum Gasteiger partial charge on any atom is 0.229 e. The van der Waals surface area contributed by atoms with Crippen molar-refractivity contribution in [3.63, 3.8) is 0 Å². The summed E-state index contributed by atoms with van der Waals surface area (Å²) in [4.78, 5) is 10.9. The van der Waals surface area contributed by atoms with Gasteiger partial charge in [0, 0.05) is 5.92 Å². The van der Waals surface area contributed by atoms with Gasteiger partial charge in [-0.25, -0.2) is 0 Å². The van der Waals surface area contributed by atoms with Crippen LogP contribution in [0.3, 0.4) is 0 Å². The van der Waals surface area contributed by atoms with Crippen LogP contribution in [0.4, 0.5) is 0 Å². The minimum atomic E-state index is -1.00. The third kappa shape index (κ3) is 0.508. The average molecular weight is 139 g/mol. The van der Waals surface area contributed by atoms with Crippen molar-refractivity contribution in [1.82, 2.24) is 5.32 Å². The molecule has 54 valence electrons. The lowest BCUT2D eigenvalue weighted by Gasteiger charge is -2.28. The van der Waals surface area contributed by atoms with Gasteiger partial charge in [-0.1, -0.05) is 12.2 Å². The zero-order valence-corrected chi connectivity index (χ0v) is 5.66. The summed E-state index contributed by atoms with van der Waals surface area (Å²) in [6.07, 6.45) is 3.68. The molecule has 0 aromatic heterocycles. The fourth-order valence-corrected chi connectivity index (χ4v) is 1.54. The minimum Gasteiger partial charge on any atom is -0.371 e. The predicted octanol–water partition coefficient (Wildman–Crippen LogP) is -0.373. The van der Waals surface area contributed by atoms with Crippen molar-refractivity contribution in [2.24, 2.45) is 11.8 Å². The first-order chi connectivity index (χ1) is 4.61. The minimum absolute atomic E-state index is 0.000000000000000444. The van der Waals surface area contributed by atoms with Crippen LogP contribution in [-0.4, -0.2) is 16.7 Å². The van der Waals surface area contributed by atoms with E-state index >= 15 is 0 Å². The first-order valence-corrected chi connectivity index (χ1v) is 3.34. The zero-order chi connectivity index (χ0) is 7.35. The summed E-state index contributed by atoms with van der Waals surface area (Å²) in [6, 6.07) is 0. The normalized spacial score (nSPS) is 50.0. The van der Waals surface area contributed by atoms with E-state index < -0.39 is 5.72 Å². The molecule has 3 heteroatoms. The molecule has 1 fully saturated rings. The number of aliphatic hydroxyl groups is 1. The maximum atomic E-state index is 10.9. The van der Waals surface area contributed by atoms with Crippen molar-refractivity contribution in [3.8, 4) is 0 Å². The van der Waals surface area contributed by atoms with Gasteiger partial charge in [0.2, 0.25) is 5.91 Å². The molecule has 0 aromatic rings. The van der Waals surface area contributed by atoms with Crippen molar-refractivity contribution in [2.45, 2.75) is 12.6 Å². The molecule has 10 heavy (non-hydrogen) atoms. The second-order valence-electron chi connectivity index (χ2n) is 3.07. The summed E-state index contributed by atoms with van der Waals surface area (Å²) in [5.74, 6) is -0.132. The highest BCUT2D eigenvalue weighted by molar-refractivity contribution is 5.86. The molecule has 0 aromatic carbocycles. The van der Waals surface area contributed by atoms with E-state index in [2.05, 4.69) is 5.32 Å². The number of hydrogen-bond donors (Lipinski definition) is 2. The average Bonchev–Trinajstić information content (AvgIpc) is 1.66. The highest BCUT2D eigenvalue weighted by Crippen LogP contribution is 2.38. The largest absolute Gasteiger partial charge is 0.371 e. The second kappa shape index (κ2) is 1.42. The molecule has 2 rings (SSSR count). The first-order valence-electron chi connectivity index (χ1n) is 3.34. The van der Waals surface area contributed by atoms with Crippen LogP contribution in [-0.2, 0) is 4.79 Å². The SMILES string of the molecule is CC1(O)NC(=O)C2C=CC21. The van der Waals surface area contributed by atoms with Crippen molar-refractivity contribution in [1.29, 1.82) is 0 Å². The number of amides is 1. The molecule has 3 nitrogen and oxygen atoms in total. The number of rotatable bonds is 0. The Morgan fingerprint density at radius 3 is 2.60 bits per heavy atom. The number of carbonyl (C=O) groups is 1. The van der Waals surface area contributed by atoms with Crippen LogP contribution >= 0.6 is 0 Å². The second-order valence-corrected chi connectivity index (χ2v) is 3.07. The molecule has 0 radical (unpaired) electrons. The molecule has 3 unspecified atom stereocenters. The van der Waals surface area contributed by atoms with Gasteiger partial charge in [-0.2, -0.15) is 0 Å². The zero-order valence-electron chi connectivity index (χ0n) is 5.66. The van der Waals surface area contributed by atoms with E-state index in [1.165, 1.54) is 0 Å². The van der Waals surface area contributed by atoms with Gasteiger partial charge in [0.25, 0.3) is 0 Å². The number of nitrogens with one attached hydrogen (secondary N) is 1. The fraction of sp³-hybridized carbons (Fsp3) is 0.571. The third-order valence-electron chi connectivity index (χ3n) is 2.24. The summed E-state index contributed by atoms with van der Waals surface area (Å²) < 4.78 is 0. The highest BCUT2D eigenvalue weighted by Gasteiger charge is 2.50. The van der Waals surface area contributed by atoms with E-state index in [4.69, 9.17) is 0 Å². The Bertz CT molecular complexity index is 220. The summed E-state index contributed by atoms with van der Waals surface area (Å²) in [5, 5.41) is 12.0. The van der Waals surface area contributed by atoms with Crippen molar-refractivity contribution >= 4 is 5.91 Å². The number of fused-ring (bicyclic) bond motifs is 1. The predicted molar refractivity (Wildman–Crippen MR) is 34.9 cm³/mol. The molecule has 0 spiro atoms. The molecule has 0 bridgehead atoms. The topological polar surface area (TPSA) is 49.3 Å². The van der Waals surface area contributed by atoms with Gasteiger partial charge in [-0.15, -0.1) is 0 Å². The molecule has 1 amide bonds. The van der Waals surface area contributed by atoms with Crippen LogP contribution < -0.4 is 5.32 Å². The summed E-state index contributed by atoms with van der Waals surface area (Å²) >= 11 is 0. The molecule has 2 N–H and O–H groups in total. The standard InChI is InChI=1S/C7H9NO2/c1-7(10)5-3-2-4(5)6(9)8-7/h2-5,10H,1H3,(H,8,9). The Morgan fingerprint density at radius 1 is 1.70 bits per heavy atom. The van der Waals surface area contributed by atoms with Crippen molar-refractivity contribution in [2.75, 3.05) is 0 Å². The van der Waals surface area contributed by atoms with Gasteiger partial charge in [0.15, 0.2) is 0 Å². The molecule has 3 atom stereocenters. The third-order valence-corrected chi connectivity index (χ3v) is 2.24. The first kappa shape index (κ1) is 5.92. The van der Waals surface area contributed by atoms with Crippen LogP contribution in [0, 0.1) is 11.8 Å². The van der Waals surface area contributed by atoms with E-state index in [-0.39, 0.29) is 17.7 Å². The van der Waals surface area contributed by atoms with Crippen LogP contribution in [0.2, 0.25) is 0 Å². The number of carbonyl (C=O) groups excluding carboxylic acids is 1. The summed E-state index contributed by atoms with van der Waals surface area (Å²) in [6.45, 7) is 1.62. The van der Waals surface area contributed by atoms with Gasteiger partial charge in [-0.3, -0.25) is 4.79 Å². The van der Waals surface area contributed by atoms with E-state index in [9.17, 15) is 9.90 Å². The summed E-state index contributed by atoms with van der Waals surface area (Å²) in [7, 11) is 0. The Hall–Kier alpha value is -0.830. The van der Waals surface area contributed by atoms with Gasteiger partial charge in [0.05, 0.1) is 5.92 Å². The van der Waals surface area contributed by atoms with E-state index in [0.717, 1.165) is 0 Å². The van der Waals surface area contributed by atoms with Crippen LogP contribution in [0.5, 0.6) is 0 Å². The smallest absolute Gasteiger partial charge is 0.229 e. The van der Waals surface area contributed by atoms with Crippen molar-refractivity contribution < 1.29 is 9.90 Å². The molecule has 2 aliphatic rings. The van der Waals surface area contributed by atoms with Gasteiger partial charge < -0.3 is 10.4 Å². The van der Waals surface area contributed by atoms with E-state index in [0.29, 0.717) is 0 Å². The lowest BCUT2D eigenvalue weighted by Crippen LogP contribution is -2.42. The molecule has 1 heterocycles. The highest BCUT2D eigenvalue weighted by atomic mass is 16.3. The quantitative estimate of drug-likeness (QED) is 0.450. The molecule has 1 aliphatic heterocycles. The van der Waals surface area contributed by atoms with Gasteiger partial charge >= 0.3 is 0 Å². The summed E-state index contributed by atoms with van der Waals surface area (Å²) in [5.41, 5.74) is -1.00. The van der Waals surface area contributed by atoms with Crippen LogP contribution in [0.1, 0.15) is 6.92 Å². The molecule has 1 saturated heterocycles. The van der Waals surface area contributed by atoms with E-state index in [1.54, 1.807) is 6.92 Å². The Kier molecular flexibility index (Phi) is 0.843. The van der Waals surface area contributed by atoms with Crippen molar-refractivity contribution in [3.05, 3.63) is 12.2 Å². The molecular formula is C7H9NO2. The fourth-order valence-electron chi connectivity index (χ4n) is 1.54. The Morgan fingerprint density at radius 2 is 2.40 bits per heavy atom. The Balaban J connectivity index is 2.34. The molecular weight excluding hydrogens is 130 g/mol.